The highest BCUT2D eigenvalue weighted by Crippen LogP contribution is 2.18. The Hall–Kier alpha value is -1.10. The molecule has 20 heavy (non-hydrogen) atoms. The second-order valence-electron chi connectivity index (χ2n) is 6.82. The van der Waals surface area contributed by atoms with Crippen LogP contribution >= 0.6 is 0 Å². The monoisotopic (exact) mass is 284 g/mol. The lowest BCUT2D eigenvalue weighted by atomic mass is 10.0. The number of esters is 1. The van der Waals surface area contributed by atoms with Crippen LogP contribution in [0.2, 0.25) is 0 Å². The molecule has 1 aliphatic rings. The molecule has 116 valence electrons. The van der Waals surface area contributed by atoms with Crippen molar-refractivity contribution in [1.29, 1.82) is 0 Å². The van der Waals surface area contributed by atoms with E-state index in [1.165, 1.54) is 0 Å². The summed E-state index contributed by atoms with van der Waals surface area (Å²) in [5.74, 6) is -0.339. The Bertz CT molecular complexity index is 355. The molecule has 0 aromatic heterocycles. The lowest BCUT2D eigenvalue weighted by Gasteiger charge is -2.33. The van der Waals surface area contributed by atoms with Gasteiger partial charge >= 0.3 is 5.97 Å². The first-order valence-corrected chi connectivity index (χ1v) is 7.36. The average molecular weight is 284 g/mol. The van der Waals surface area contributed by atoms with Crippen LogP contribution in [0.15, 0.2) is 0 Å². The number of hydrogen-bond donors (Lipinski definition) is 1. The molecule has 5 nitrogen and oxygen atoms in total. The van der Waals surface area contributed by atoms with Gasteiger partial charge in [-0.1, -0.05) is 13.8 Å². The summed E-state index contributed by atoms with van der Waals surface area (Å²) in [6, 6.07) is -0.701. The Morgan fingerprint density at radius 2 is 1.90 bits per heavy atom. The van der Waals surface area contributed by atoms with Gasteiger partial charge in [0, 0.05) is 7.05 Å². The van der Waals surface area contributed by atoms with Crippen LogP contribution in [-0.2, 0) is 14.3 Å². The summed E-state index contributed by atoms with van der Waals surface area (Å²) in [5, 5.41) is 3.17. The maximum Gasteiger partial charge on any atom is 0.329 e. The fourth-order valence-corrected chi connectivity index (χ4v) is 2.52. The molecule has 0 radical (unpaired) electrons. The number of ether oxygens (including phenoxy) is 1. The van der Waals surface area contributed by atoms with Gasteiger partial charge in [-0.15, -0.1) is 0 Å². The van der Waals surface area contributed by atoms with E-state index in [1.54, 1.807) is 11.9 Å². The Kier molecular flexibility index (Phi) is 5.57. The summed E-state index contributed by atoms with van der Waals surface area (Å²) in [6.07, 6.45) is 1.84. The SMILES string of the molecule is CC(C)[C@@H](C(=O)OC(C)(C)C)N(C)C(=O)[C@H]1CCCN1. The van der Waals surface area contributed by atoms with Gasteiger partial charge in [-0.25, -0.2) is 4.79 Å². The van der Waals surface area contributed by atoms with Gasteiger partial charge in [0.15, 0.2) is 0 Å². The highest BCUT2D eigenvalue weighted by Gasteiger charge is 2.36. The van der Waals surface area contributed by atoms with E-state index in [4.69, 9.17) is 4.74 Å². The molecule has 1 aliphatic heterocycles. The van der Waals surface area contributed by atoms with Crippen molar-refractivity contribution in [2.45, 2.75) is 65.1 Å². The smallest absolute Gasteiger partial charge is 0.329 e. The van der Waals surface area contributed by atoms with E-state index >= 15 is 0 Å². The van der Waals surface area contributed by atoms with Crippen LogP contribution in [0, 0.1) is 5.92 Å². The molecule has 1 saturated heterocycles. The minimum absolute atomic E-state index is 0.0141. The first kappa shape index (κ1) is 17.0. The molecule has 1 fully saturated rings. The van der Waals surface area contributed by atoms with Crippen LogP contribution in [-0.4, -0.2) is 48.1 Å². The minimum Gasteiger partial charge on any atom is -0.458 e. The molecule has 0 aromatic rings. The number of nitrogens with one attached hydrogen (secondary N) is 1. The van der Waals surface area contributed by atoms with E-state index in [0.29, 0.717) is 0 Å². The van der Waals surface area contributed by atoms with Crippen molar-refractivity contribution in [2.75, 3.05) is 13.6 Å². The van der Waals surface area contributed by atoms with Gasteiger partial charge in [-0.3, -0.25) is 4.79 Å². The summed E-state index contributed by atoms with van der Waals surface area (Å²) in [5.41, 5.74) is -0.542. The van der Waals surface area contributed by atoms with E-state index in [1.807, 2.05) is 34.6 Å². The van der Waals surface area contributed by atoms with Crippen LogP contribution in [0.4, 0.5) is 0 Å². The molecular formula is C15H28N2O3. The highest BCUT2D eigenvalue weighted by molar-refractivity contribution is 5.87. The Morgan fingerprint density at radius 1 is 1.30 bits per heavy atom. The van der Waals surface area contributed by atoms with E-state index in [9.17, 15) is 9.59 Å². The van der Waals surface area contributed by atoms with Crippen molar-refractivity contribution in [1.82, 2.24) is 10.2 Å². The van der Waals surface area contributed by atoms with E-state index in [0.717, 1.165) is 19.4 Å². The third kappa shape index (κ3) is 4.47. The third-order valence-electron chi connectivity index (χ3n) is 3.40. The van der Waals surface area contributed by atoms with E-state index in [2.05, 4.69) is 5.32 Å². The van der Waals surface area contributed by atoms with Crippen LogP contribution in [0.5, 0.6) is 0 Å². The van der Waals surface area contributed by atoms with Crippen LogP contribution in [0.25, 0.3) is 0 Å². The second-order valence-corrected chi connectivity index (χ2v) is 6.82. The molecule has 1 amide bonds. The number of amides is 1. The lowest BCUT2D eigenvalue weighted by molar-refractivity contribution is -0.166. The Labute approximate surface area is 122 Å². The molecule has 0 aliphatic carbocycles. The maximum absolute atomic E-state index is 12.4. The van der Waals surface area contributed by atoms with Crippen molar-refractivity contribution in [2.24, 2.45) is 5.92 Å². The third-order valence-corrected chi connectivity index (χ3v) is 3.40. The molecule has 0 bridgehead atoms. The van der Waals surface area contributed by atoms with Gasteiger partial charge in [0.25, 0.3) is 0 Å². The molecule has 0 saturated carbocycles. The zero-order valence-corrected chi connectivity index (χ0v) is 13.5. The molecule has 1 rings (SSSR count). The van der Waals surface area contributed by atoms with E-state index < -0.39 is 11.6 Å². The summed E-state index contributed by atoms with van der Waals surface area (Å²) < 4.78 is 5.44. The molecule has 0 unspecified atom stereocenters. The summed E-state index contributed by atoms with van der Waals surface area (Å²) in [7, 11) is 1.69. The van der Waals surface area contributed by atoms with Crippen molar-refractivity contribution in [3.05, 3.63) is 0 Å². The number of carbonyl (C=O) groups is 2. The first-order valence-electron chi connectivity index (χ1n) is 7.36. The minimum atomic E-state index is -0.542. The topological polar surface area (TPSA) is 58.6 Å². The standard InChI is InChI=1S/C15H28N2O3/c1-10(2)12(14(19)20-15(3,4)5)17(6)13(18)11-8-7-9-16-11/h10-12,16H,7-9H2,1-6H3/t11-,12+/m1/s1. The summed E-state index contributed by atoms with van der Waals surface area (Å²) in [6.45, 7) is 10.2. The molecule has 5 heteroatoms. The number of hydrogen-bond acceptors (Lipinski definition) is 4. The van der Waals surface area contributed by atoms with Gasteiger partial charge in [-0.2, -0.15) is 0 Å². The fraction of sp³-hybridized carbons (Fsp3) is 0.867. The lowest BCUT2D eigenvalue weighted by Crippen LogP contribution is -2.52. The Morgan fingerprint density at radius 3 is 2.30 bits per heavy atom. The van der Waals surface area contributed by atoms with Gasteiger partial charge in [0.2, 0.25) is 5.91 Å². The van der Waals surface area contributed by atoms with E-state index in [-0.39, 0.29) is 23.8 Å². The van der Waals surface area contributed by atoms with Gasteiger partial charge in [-0.05, 0) is 46.1 Å². The highest BCUT2D eigenvalue weighted by atomic mass is 16.6. The fourth-order valence-electron chi connectivity index (χ4n) is 2.52. The van der Waals surface area contributed by atoms with Crippen molar-refractivity contribution >= 4 is 11.9 Å². The van der Waals surface area contributed by atoms with Crippen LogP contribution in [0.3, 0.4) is 0 Å². The van der Waals surface area contributed by atoms with Gasteiger partial charge < -0.3 is 15.0 Å². The zero-order valence-electron chi connectivity index (χ0n) is 13.5. The predicted octanol–water partition coefficient (Wildman–Crippen LogP) is 1.56. The molecule has 0 aromatic carbocycles. The van der Waals surface area contributed by atoms with Gasteiger partial charge in [0.05, 0.1) is 6.04 Å². The quantitative estimate of drug-likeness (QED) is 0.796. The molecule has 1 heterocycles. The summed E-state index contributed by atoms with van der Waals surface area (Å²) in [4.78, 5) is 26.3. The predicted molar refractivity (Wildman–Crippen MR) is 78.3 cm³/mol. The summed E-state index contributed by atoms with van der Waals surface area (Å²) >= 11 is 0. The molecule has 2 atom stereocenters. The largest absolute Gasteiger partial charge is 0.458 e. The number of likely N-dealkylation sites (N-methyl/N-ethyl adjacent to an activating group) is 1. The molecular weight excluding hydrogens is 256 g/mol. The first-order chi connectivity index (χ1) is 9.13. The second kappa shape index (κ2) is 6.57. The molecule has 0 spiro atoms. The molecule has 1 N–H and O–H groups in total. The van der Waals surface area contributed by atoms with Crippen LogP contribution in [0.1, 0.15) is 47.5 Å². The normalized spacial score (nSPS) is 20.9. The van der Waals surface area contributed by atoms with Crippen molar-refractivity contribution < 1.29 is 14.3 Å². The number of rotatable bonds is 4. The van der Waals surface area contributed by atoms with Gasteiger partial charge in [0.1, 0.15) is 11.6 Å². The Balaban J connectivity index is 2.79. The van der Waals surface area contributed by atoms with Crippen LogP contribution < -0.4 is 5.32 Å². The average Bonchev–Trinajstić information content (AvgIpc) is 2.77. The maximum atomic E-state index is 12.4. The number of carbonyl (C=O) groups excluding carboxylic acids is 2. The zero-order chi connectivity index (χ0) is 15.5. The number of nitrogens with zero attached hydrogens (tertiary/aromatic N) is 1. The van der Waals surface area contributed by atoms with Crippen molar-refractivity contribution in [3.8, 4) is 0 Å². The van der Waals surface area contributed by atoms with Crippen molar-refractivity contribution in [3.63, 3.8) is 0 Å².